The molecule has 0 heterocycles. The molecule has 2 aromatic rings. The van der Waals surface area contributed by atoms with Gasteiger partial charge in [-0.25, -0.2) is 0 Å². The predicted octanol–water partition coefficient (Wildman–Crippen LogP) is 5.31. The van der Waals surface area contributed by atoms with Crippen molar-refractivity contribution in [1.82, 2.24) is 0 Å². The first kappa shape index (κ1) is 11.7. The fourth-order valence-electron chi connectivity index (χ4n) is 2.66. The van der Waals surface area contributed by atoms with E-state index in [2.05, 4.69) is 78.3 Å². The largest absolute Gasteiger partial charge is 0.0690 e. The second-order valence-electron chi connectivity index (χ2n) is 4.94. The number of rotatable bonds is 1. The summed E-state index contributed by atoms with van der Waals surface area (Å²) in [6.45, 7) is 4.32. The molecule has 0 bridgehead atoms. The second-order valence-corrected chi connectivity index (χ2v) is 5.79. The molecule has 1 unspecified atom stereocenters. The van der Waals surface area contributed by atoms with Gasteiger partial charge in [-0.3, -0.25) is 0 Å². The van der Waals surface area contributed by atoms with Crippen LogP contribution in [0.25, 0.3) is 5.57 Å². The van der Waals surface area contributed by atoms with E-state index in [4.69, 9.17) is 0 Å². The molecule has 0 N–H and O–H groups in total. The molecule has 1 heteroatoms. The quantitative estimate of drug-likeness (QED) is 0.669. The van der Waals surface area contributed by atoms with E-state index in [0.29, 0.717) is 5.92 Å². The Balaban J connectivity index is 2.14. The average Bonchev–Trinajstić information content (AvgIpc) is 2.70. The first-order valence-corrected chi connectivity index (χ1v) is 7.00. The first-order chi connectivity index (χ1) is 8.66. The Labute approximate surface area is 116 Å². The molecule has 0 spiro atoms. The number of fused-ring (bicyclic) bond motifs is 1. The Morgan fingerprint density at radius 2 is 1.67 bits per heavy atom. The summed E-state index contributed by atoms with van der Waals surface area (Å²) < 4.78 is 1.21. The van der Waals surface area contributed by atoms with Crippen molar-refractivity contribution >= 4 is 21.5 Å². The average molecular weight is 299 g/mol. The maximum absolute atomic E-state index is 3.69. The standard InChI is InChI=1S/C17H15Br/c1-11-6-8-13(9-7-11)15-10-12(2)14-4-3-5-16(18)17(14)15/h3-10,15H,1-2H3. The number of hydrogen-bond acceptors (Lipinski definition) is 0. The van der Waals surface area contributed by atoms with E-state index in [0.717, 1.165) is 0 Å². The van der Waals surface area contributed by atoms with E-state index in [1.54, 1.807) is 0 Å². The molecular weight excluding hydrogens is 284 g/mol. The van der Waals surface area contributed by atoms with Crippen molar-refractivity contribution in [1.29, 1.82) is 0 Å². The molecule has 1 atom stereocenters. The minimum absolute atomic E-state index is 0.385. The molecule has 0 radical (unpaired) electrons. The van der Waals surface area contributed by atoms with Gasteiger partial charge in [0.25, 0.3) is 0 Å². The lowest BCUT2D eigenvalue weighted by molar-refractivity contribution is 1.04. The van der Waals surface area contributed by atoms with Crippen LogP contribution in [0, 0.1) is 6.92 Å². The summed E-state index contributed by atoms with van der Waals surface area (Å²) in [5.41, 5.74) is 6.82. The van der Waals surface area contributed by atoms with Gasteiger partial charge >= 0.3 is 0 Å². The fourth-order valence-corrected chi connectivity index (χ4v) is 3.27. The number of benzene rings is 2. The van der Waals surface area contributed by atoms with Crippen LogP contribution in [0.5, 0.6) is 0 Å². The summed E-state index contributed by atoms with van der Waals surface area (Å²) in [5, 5.41) is 0. The van der Waals surface area contributed by atoms with Crippen LogP contribution < -0.4 is 0 Å². The van der Waals surface area contributed by atoms with Crippen molar-refractivity contribution in [3.63, 3.8) is 0 Å². The highest BCUT2D eigenvalue weighted by Crippen LogP contribution is 2.43. The summed E-state index contributed by atoms with van der Waals surface area (Å²) in [7, 11) is 0. The molecule has 1 aliphatic rings. The summed E-state index contributed by atoms with van der Waals surface area (Å²) in [6, 6.07) is 15.3. The van der Waals surface area contributed by atoms with Crippen molar-refractivity contribution in [2.24, 2.45) is 0 Å². The van der Waals surface area contributed by atoms with Crippen molar-refractivity contribution in [3.8, 4) is 0 Å². The van der Waals surface area contributed by atoms with Crippen LogP contribution in [0.3, 0.4) is 0 Å². The number of hydrogen-bond donors (Lipinski definition) is 0. The van der Waals surface area contributed by atoms with Crippen LogP contribution in [0.2, 0.25) is 0 Å². The maximum Gasteiger partial charge on any atom is 0.0292 e. The van der Waals surface area contributed by atoms with Crippen molar-refractivity contribution < 1.29 is 0 Å². The van der Waals surface area contributed by atoms with Crippen molar-refractivity contribution in [3.05, 3.63) is 75.3 Å². The Kier molecular flexibility index (Phi) is 2.87. The molecule has 90 valence electrons. The van der Waals surface area contributed by atoms with Gasteiger partial charge in [0.2, 0.25) is 0 Å². The highest BCUT2D eigenvalue weighted by Gasteiger charge is 2.24. The van der Waals surface area contributed by atoms with Crippen LogP contribution in [0.1, 0.15) is 35.1 Å². The smallest absolute Gasteiger partial charge is 0.0292 e. The summed E-state index contributed by atoms with van der Waals surface area (Å²) in [6.07, 6.45) is 2.36. The van der Waals surface area contributed by atoms with Gasteiger partial charge in [0, 0.05) is 10.4 Å². The van der Waals surface area contributed by atoms with Crippen LogP contribution in [0.15, 0.2) is 53.0 Å². The normalized spacial score (nSPS) is 17.5. The second kappa shape index (κ2) is 4.40. The van der Waals surface area contributed by atoms with E-state index < -0.39 is 0 Å². The summed E-state index contributed by atoms with van der Waals surface area (Å²) >= 11 is 3.69. The summed E-state index contributed by atoms with van der Waals surface area (Å²) in [4.78, 5) is 0. The van der Waals surface area contributed by atoms with Gasteiger partial charge in [-0.05, 0) is 42.2 Å². The highest BCUT2D eigenvalue weighted by atomic mass is 79.9. The monoisotopic (exact) mass is 298 g/mol. The van der Waals surface area contributed by atoms with Crippen LogP contribution in [-0.2, 0) is 0 Å². The molecule has 0 fully saturated rings. The van der Waals surface area contributed by atoms with Crippen LogP contribution in [0.4, 0.5) is 0 Å². The Morgan fingerprint density at radius 3 is 2.39 bits per heavy atom. The van der Waals surface area contributed by atoms with Gasteiger partial charge in [0.1, 0.15) is 0 Å². The van der Waals surface area contributed by atoms with Gasteiger partial charge < -0.3 is 0 Å². The highest BCUT2D eigenvalue weighted by molar-refractivity contribution is 9.10. The lowest BCUT2D eigenvalue weighted by Gasteiger charge is -2.13. The molecule has 3 rings (SSSR count). The van der Waals surface area contributed by atoms with Gasteiger partial charge in [-0.15, -0.1) is 0 Å². The molecule has 0 aliphatic heterocycles. The zero-order valence-electron chi connectivity index (χ0n) is 10.6. The lowest BCUT2D eigenvalue weighted by Crippen LogP contribution is -1.97. The predicted molar refractivity (Wildman–Crippen MR) is 80.8 cm³/mol. The number of halogens is 1. The minimum Gasteiger partial charge on any atom is -0.0690 e. The van der Waals surface area contributed by atoms with Gasteiger partial charge in [0.15, 0.2) is 0 Å². The third-order valence-electron chi connectivity index (χ3n) is 3.64. The Morgan fingerprint density at radius 1 is 0.944 bits per heavy atom. The topological polar surface area (TPSA) is 0 Å². The van der Waals surface area contributed by atoms with E-state index >= 15 is 0 Å². The minimum atomic E-state index is 0.385. The molecule has 0 aromatic heterocycles. The molecule has 0 nitrogen and oxygen atoms in total. The van der Waals surface area contributed by atoms with E-state index in [-0.39, 0.29) is 0 Å². The maximum atomic E-state index is 3.69. The Hall–Kier alpha value is -1.34. The molecule has 18 heavy (non-hydrogen) atoms. The molecule has 2 aromatic carbocycles. The molecule has 0 amide bonds. The Bertz CT molecular complexity index is 621. The molecule has 0 saturated carbocycles. The molecule has 1 aliphatic carbocycles. The zero-order chi connectivity index (χ0) is 12.7. The molecule has 0 saturated heterocycles. The third kappa shape index (κ3) is 1.83. The van der Waals surface area contributed by atoms with Gasteiger partial charge in [0.05, 0.1) is 0 Å². The van der Waals surface area contributed by atoms with Crippen molar-refractivity contribution in [2.45, 2.75) is 19.8 Å². The first-order valence-electron chi connectivity index (χ1n) is 6.20. The van der Waals surface area contributed by atoms with Crippen molar-refractivity contribution in [2.75, 3.05) is 0 Å². The van der Waals surface area contributed by atoms with Crippen LogP contribution >= 0.6 is 15.9 Å². The molecular formula is C17H15Br. The lowest BCUT2D eigenvalue weighted by atomic mass is 9.92. The van der Waals surface area contributed by atoms with Gasteiger partial charge in [-0.1, -0.05) is 64.0 Å². The zero-order valence-corrected chi connectivity index (χ0v) is 12.2. The fraction of sp³-hybridized carbons (Fsp3) is 0.176. The van der Waals surface area contributed by atoms with E-state index in [1.807, 2.05) is 0 Å². The van der Waals surface area contributed by atoms with Gasteiger partial charge in [-0.2, -0.15) is 0 Å². The van der Waals surface area contributed by atoms with E-state index in [9.17, 15) is 0 Å². The number of allylic oxidation sites excluding steroid dienone is 2. The third-order valence-corrected chi connectivity index (χ3v) is 4.33. The van der Waals surface area contributed by atoms with Crippen LogP contribution in [-0.4, -0.2) is 0 Å². The van der Waals surface area contributed by atoms with E-state index in [1.165, 1.54) is 32.3 Å². The summed E-state index contributed by atoms with van der Waals surface area (Å²) in [5.74, 6) is 0.385. The number of aryl methyl sites for hydroxylation is 1. The SMILES string of the molecule is CC1=CC(c2ccc(C)cc2)c2c(Br)cccc21.